The number of para-hydroxylation sites is 1. The van der Waals surface area contributed by atoms with Crippen molar-refractivity contribution in [1.82, 2.24) is 0 Å². The van der Waals surface area contributed by atoms with E-state index < -0.39 is 5.97 Å². The molecule has 1 aromatic carbocycles. The summed E-state index contributed by atoms with van der Waals surface area (Å²) in [5.41, 5.74) is 0.910. The molecule has 0 atom stereocenters. The third-order valence-corrected chi connectivity index (χ3v) is 2.34. The summed E-state index contributed by atoms with van der Waals surface area (Å²) in [4.78, 5) is 21.8. The van der Waals surface area contributed by atoms with Crippen LogP contribution in [0, 0.1) is 0 Å². The fraction of sp³-hybridized carbons (Fsp3) is 0.200. The molecule has 80 valence electrons. The number of aliphatic carboxylic acids is 1. The van der Waals surface area contributed by atoms with Gasteiger partial charge in [-0.3, -0.25) is 9.59 Å². The SMILES string of the molecule is CC(=O)c1cccc(CC(=O)O)c1OI. The average molecular weight is 320 g/mol. The van der Waals surface area contributed by atoms with Crippen molar-refractivity contribution >= 4 is 34.8 Å². The van der Waals surface area contributed by atoms with Gasteiger partial charge >= 0.3 is 5.97 Å². The highest BCUT2D eigenvalue weighted by Gasteiger charge is 2.14. The minimum atomic E-state index is -0.953. The van der Waals surface area contributed by atoms with Gasteiger partial charge in [0.25, 0.3) is 0 Å². The third-order valence-electron chi connectivity index (χ3n) is 1.89. The Morgan fingerprint density at radius 3 is 2.60 bits per heavy atom. The molecule has 0 aliphatic heterocycles. The molecule has 4 nitrogen and oxygen atoms in total. The minimum absolute atomic E-state index is 0.145. The molecule has 1 N–H and O–H groups in total. The van der Waals surface area contributed by atoms with E-state index in [-0.39, 0.29) is 12.2 Å². The first-order valence-electron chi connectivity index (χ1n) is 4.19. The molecule has 0 radical (unpaired) electrons. The van der Waals surface area contributed by atoms with Gasteiger partial charge in [-0.1, -0.05) is 12.1 Å². The van der Waals surface area contributed by atoms with Crippen LogP contribution in [0.25, 0.3) is 0 Å². The number of hydrogen-bond acceptors (Lipinski definition) is 3. The van der Waals surface area contributed by atoms with Gasteiger partial charge in [0.2, 0.25) is 0 Å². The largest absolute Gasteiger partial charge is 0.481 e. The minimum Gasteiger partial charge on any atom is -0.481 e. The number of ketones is 1. The smallest absolute Gasteiger partial charge is 0.307 e. The van der Waals surface area contributed by atoms with Crippen LogP contribution in [0.1, 0.15) is 22.8 Å². The van der Waals surface area contributed by atoms with E-state index in [0.29, 0.717) is 16.9 Å². The summed E-state index contributed by atoms with van der Waals surface area (Å²) in [7, 11) is 0. The number of carbonyl (C=O) groups is 2. The van der Waals surface area contributed by atoms with Crippen molar-refractivity contribution in [2.75, 3.05) is 0 Å². The van der Waals surface area contributed by atoms with Crippen LogP contribution >= 0.6 is 23.0 Å². The van der Waals surface area contributed by atoms with E-state index in [4.69, 9.17) is 8.17 Å². The Kier molecular flexibility index (Phi) is 4.07. The number of benzene rings is 1. The van der Waals surface area contributed by atoms with Gasteiger partial charge < -0.3 is 8.17 Å². The van der Waals surface area contributed by atoms with Crippen molar-refractivity contribution in [3.05, 3.63) is 29.3 Å². The molecule has 1 aromatic rings. The predicted octanol–water partition coefficient (Wildman–Crippen LogP) is 2.25. The van der Waals surface area contributed by atoms with E-state index in [1.54, 1.807) is 41.2 Å². The molecular weight excluding hydrogens is 311 g/mol. The maximum absolute atomic E-state index is 11.2. The lowest BCUT2D eigenvalue weighted by Gasteiger charge is -2.08. The van der Waals surface area contributed by atoms with E-state index in [1.807, 2.05) is 0 Å². The third kappa shape index (κ3) is 2.92. The highest BCUT2D eigenvalue weighted by Crippen LogP contribution is 2.26. The molecule has 5 heteroatoms. The molecule has 0 saturated carbocycles. The first kappa shape index (κ1) is 12.0. The summed E-state index contributed by atoms with van der Waals surface area (Å²) < 4.78 is 5.02. The number of carboxylic acid groups (broad SMARTS) is 1. The molecule has 0 aliphatic rings. The van der Waals surface area contributed by atoms with Gasteiger partial charge in [-0.2, -0.15) is 0 Å². The lowest BCUT2D eigenvalue weighted by Crippen LogP contribution is -2.04. The zero-order valence-corrected chi connectivity index (χ0v) is 10.1. The van der Waals surface area contributed by atoms with Gasteiger partial charge in [0.1, 0.15) is 5.75 Å². The Morgan fingerprint density at radius 2 is 2.13 bits per heavy atom. The van der Waals surface area contributed by atoms with Crippen LogP contribution in [0.3, 0.4) is 0 Å². The zero-order chi connectivity index (χ0) is 11.4. The average Bonchev–Trinajstić information content (AvgIpc) is 2.16. The van der Waals surface area contributed by atoms with Crippen molar-refractivity contribution in [2.45, 2.75) is 13.3 Å². The van der Waals surface area contributed by atoms with Crippen LogP contribution < -0.4 is 3.07 Å². The van der Waals surface area contributed by atoms with E-state index in [1.165, 1.54) is 6.92 Å². The van der Waals surface area contributed by atoms with Crippen LogP contribution in [0.15, 0.2) is 18.2 Å². The molecule has 0 spiro atoms. The zero-order valence-electron chi connectivity index (χ0n) is 7.99. The monoisotopic (exact) mass is 320 g/mol. The fourth-order valence-electron chi connectivity index (χ4n) is 1.26. The van der Waals surface area contributed by atoms with Gasteiger partial charge in [-0.25, -0.2) is 0 Å². The molecule has 0 amide bonds. The number of carbonyl (C=O) groups excluding carboxylic acids is 1. The first-order chi connectivity index (χ1) is 7.06. The van der Waals surface area contributed by atoms with Crippen LogP contribution in [-0.2, 0) is 11.2 Å². The van der Waals surface area contributed by atoms with Crippen LogP contribution in [-0.4, -0.2) is 16.9 Å². The van der Waals surface area contributed by atoms with Crippen molar-refractivity contribution in [1.29, 1.82) is 0 Å². The standard InChI is InChI=1S/C10H9IO4/c1-6(12)8-4-2-3-7(5-9(13)14)10(8)15-11/h2-4H,5H2,1H3,(H,13,14). The molecule has 1 rings (SSSR count). The summed E-state index contributed by atoms with van der Waals surface area (Å²) in [5.74, 6) is -0.757. The molecule has 15 heavy (non-hydrogen) atoms. The van der Waals surface area contributed by atoms with E-state index in [2.05, 4.69) is 0 Å². The maximum atomic E-state index is 11.2. The molecule has 0 bridgehead atoms. The van der Waals surface area contributed by atoms with Gasteiger partial charge in [0.15, 0.2) is 28.8 Å². The van der Waals surface area contributed by atoms with E-state index in [0.717, 1.165) is 0 Å². The van der Waals surface area contributed by atoms with E-state index in [9.17, 15) is 9.59 Å². The van der Waals surface area contributed by atoms with Crippen LogP contribution in [0.4, 0.5) is 0 Å². The number of Topliss-reactive ketones (excluding diaryl/α,β-unsaturated/α-hetero) is 1. The molecule has 0 saturated heterocycles. The van der Waals surface area contributed by atoms with Crippen molar-refractivity contribution in [2.24, 2.45) is 0 Å². The Hall–Kier alpha value is -1.11. The lowest BCUT2D eigenvalue weighted by molar-refractivity contribution is -0.136. The second-order valence-corrected chi connectivity index (χ2v) is 3.44. The Balaban J connectivity index is 3.21. The van der Waals surface area contributed by atoms with E-state index >= 15 is 0 Å². The van der Waals surface area contributed by atoms with Crippen molar-refractivity contribution in [3.8, 4) is 5.75 Å². The van der Waals surface area contributed by atoms with Crippen molar-refractivity contribution < 1.29 is 17.8 Å². The van der Waals surface area contributed by atoms with Gasteiger partial charge in [-0.15, -0.1) is 0 Å². The maximum Gasteiger partial charge on any atom is 0.307 e. The molecule has 0 heterocycles. The highest BCUT2D eigenvalue weighted by molar-refractivity contribution is 14.1. The predicted molar refractivity (Wildman–Crippen MR) is 62.4 cm³/mol. The van der Waals surface area contributed by atoms with Gasteiger partial charge in [0, 0.05) is 5.56 Å². The summed E-state index contributed by atoms with van der Waals surface area (Å²) in [6, 6.07) is 4.89. The Morgan fingerprint density at radius 1 is 1.47 bits per heavy atom. The summed E-state index contributed by atoms with van der Waals surface area (Å²) in [5, 5.41) is 8.67. The lowest BCUT2D eigenvalue weighted by atomic mass is 10.0. The number of halogens is 1. The Bertz CT molecular complexity index is 400. The van der Waals surface area contributed by atoms with Gasteiger partial charge in [-0.05, 0) is 13.0 Å². The molecular formula is C10H9IO4. The highest BCUT2D eigenvalue weighted by atomic mass is 127. The van der Waals surface area contributed by atoms with Crippen LogP contribution in [0.2, 0.25) is 0 Å². The van der Waals surface area contributed by atoms with Gasteiger partial charge in [0.05, 0.1) is 12.0 Å². The first-order valence-corrected chi connectivity index (χ1v) is 5.07. The molecule has 0 fully saturated rings. The quantitative estimate of drug-likeness (QED) is 0.683. The Labute approximate surface area is 101 Å². The second kappa shape index (κ2) is 5.11. The summed E-state index contributed by atoms with van der Waals surface area (Å²) in [6.45, 7) is 1.42. The molecule has 0 aliphatic carbocycles. The summed E-state index contributed by atoms with van der Waals surface area (Å²) >= 11 is 1.64. The van der Waals surface area contributed by atoms with Crippen molar-refractivity contribution in [3.63, 3.8) is 0 Å². The molecule has 0 unspecified atom stereocenters. The fourth-order valence-corrected chi connectivity index (χ4v) is 1.78. The normalized spacial score (nSPS) is 9.73. The number of rotatable bonds is 4. The second-order valence-electron chi connectivity index (χ2n) is 3.00. The summed E-state index contributed by atoms with van der Waals surface area (Å²) in [6.07, 6.45) is -0.153. The molecule has 0 aromatic heterocycles. The number of carboxylic acids is 1. The number of hydrogen-bond donors (Lipinski definition) is 1. The van der Waals surface area contributed by atoms with Crippen LogP contribution in [0.5, 0.6) is 5.75 Å². The topological polar surface area (TPSA) is 63.6 Å².